The van der Waals surface area contributed by atoms with Gasteiger partial charge in [0.05, 0.1) is 5.92 Å². The van der Waals surface area contributed by atoms with Crippen LogP contribution >= 0.6 is 0 Å². The first-order valence-corrected chi connectivity index (χ1v) is 5.92. The molecule has 1 rings (SSSR count). The third-order valence-corrected chi connectivity index (χ3v) is 2.64. The summed E-state index contributed by atoms with van der Waals surface area (Å²) in [5, 5.41) is 9.09. The Balaban J connectivity index is 2.58. The van der Waals surface area contributed by atoms with E-state index in [-0.39, 0.29) is 6.61 Å². The van der Waals surface area contributed by atoms with E-state index in [0.29, 0.717) is 12.3 Å². The molecule has 1 aromatic rings. The monoisotopic (exact) mass is 236 g/mol. The Morgan fingerprint density at radius 2 is 2.00 bits per heavy atom. The van der Waals surface area contributed by atoms with Gasteiger partial charge in [0.2, 0.25) is 0 Å². The van der Waals surface area contributed by atoms with Crippen molar-refractivity contribution in [3.63, 3.8) is 0 Å². The Hall–Kier alpha value is -1.51. The quantitative estimate of drug-likeness (QED) is 0.825. The first-order chi connectivity index (χ1) is 8.00. The van der Waals surface area contributed by atoms with Gasteiger partial charge in [-0.25, -0.2) is 0 Å². The zero-order valence-corrected chi connectivity index (χ0v) is 10.6. The van der Waals surface area contributed by atoms with Gasteiger partial charge in [-0.2, -0.15) is 0 Å². The number of benzene rings is 1. The van der Waals surface area contributed by atoms with Gasteiger partial charge in [-0.05, 0) is 30.9 Å². The van der Waals surface area contributed by atoms with Crippen LogP contribution < -0.4 is 4.74 Å². The van der Waals surface area contributed by atoms with Gasteiger partial charge in [0.1, 0.15) is 12.4 Å². The van der Waals surface area contributed by atoms with Crippen LogP contribution in [0.25, 0.3) is 0 Å². The highest BCUT2D eigenvalue weighted by Crippen LogP contribution is 2.19. The predicted octanol–water partition coefficient (Wildman–Crippen LogP) is 3.12. The number of aryl methyl sites for hydroxylation is 1. The molecule has 0 saturated carbocycles. The minimum absolute atomic E-state index is 0.234. The Bertz CT molecular complexity index is 371. The normalized spacial score (nSPS) is 12.5. The Morgan fingerprint density at radius 3 is 2.53 bits per heavy atom. The molecular weight excluding hydrogens is 216 g/mol. The summed E-state index contributed by atoms with van der Waals surface area (Å²) in [6, 6.07) is 7.64. The molecule has 0 bridgehead atoms. The molecular formula is C14H20O3. The maximum atomic E-state index is 11.1. The number of carboxylic acids is 1. The van der Waals surface area contributed by atoms with E-state index in [1.54, 1.807) is 0 Å². The van der Waals surface area contributed by atoms with Crippen LogP contribution in [0, 0.1) is 18.8 Å². The van der Waals surface area contributed by atoms with Crippen LogP contribution in [0.4, 0.5) is 0 Å². The Morgan fingerprint density at radius 1 is 1.35 bits per heavy atom. The number of ether oxygens (including phenoxy) is 1. The summed E-state index contributed by atoms with van der Waals surface area (Å²) in [7, 11) is 0. The molecule has 0 saturated heterocycles. The third kappa shape index (κ3) is 4.47. The maximum Gasteiger partial charge on any atom is 0.309 e. The number of hydrogen-bond donors (Lipinski definition) is 1. The minimum atomic E-state index is -0.785. The number of aliphatic carboxylic acids is 1. The van der Waals surface area contributed by atoms with Gasteiger partial charge in [0.15, 0.2) is 0 Å². The van der Waals surface area contributed by atoms with E-state index in [1.807, 2.05) is 45.0 Å². The molecule has 0 aliphatic heterocycles. The molecule has 0 aliphatic rings. The number of carbonyl (C=O) groups is 1. The average molecular weight is 236 g/mol. The van der Waals surface area contributed by atoms with E-state index in [2.05, 4.69) is 0 Å². The fourth-order valence-corrected chi connectivity index (χ4v) is 1.72. The fraction of sp³-hybridized carbons (Fsp3) is 0.500. The molecule has 3 nitrogen and oxygen atoms in total. The molecule has 0 aromatic heterocycles. The average Bonchev–Trinajstić information content (AvgIpc) is 2.25. The van der Waals surface area contributed by atoms with Gasteiger partial charge < -0.3 is 9.84 Å². The molecule has 1 aromatic carbocycles. The molecule has 0 heterocycles. The van der Waals surface area contributed by atoms with Crippen LogP contribution in [-0.2, 0) is 4.79 Å². The lowest BCUT2D eigenvalue weighted by molar-refractivity contribution is -0.143. The summed E-state index contributed by atoms with van der Waals surface area (Å²) in [6.45, 7) is 6.22. The van der Waals surface area contributed by atoms with Crippen molar-refractivity contribution in [1.29, 1.82) is 0 Å². The number of rotatable bonds is 6. The summed E-state index contributed by atoms with van der Waals surface area (Å²) in [5.74, 6) is -0.0963. The van der Waals surface area contributed by atoms with Crippen molar-refractivity contribution in [1.82, 2.24) is 0 Å². The number of para-hydroxylation sites is 1. The Kier molecular flexibility index (Phi) is 5.01. The molecule has 0 amide bonds. The van der Waals surface area contributed by atoms with E-state index >= 15 is 0 Å². The van der Waals surface area contributed by atoms with Gasteiger partial charge >= 0.3 is 5.97 Å². The lowest BCUT2D eigenvalue weighted by Gasteiger charge is -2.16. The molecule has 0 fully saturated rings. The van der Waals surface area contributed by atoms with Crippen molar-refractivity contribution in [2.24, 2.45) is 11.8 Å². The second kappa shape index (κ2) is 6.28. The van der Waals surface area contributed by atoms with Crippen molar-refractivity contribution >= 4 is 5.97 Å². The smallest absolute Gasteiger partial charge is 0.309 e. The second-order valence-corrected chi connectivity index (χ2v) is 4.74. The highest BCUT2D eigenvalue weighted by atomic mass is 16.5. The van der Waals surface area contributed by atoms with Gasteiger partial charge in [0, 0.05) is 0 Å². The van der Waals surface area contributed by atoms with E-state index in [1.165, 1.54) is 0 Å². The van der Waals surface area contributed by atoms with E-state index in [4.69, 9.17) is 9.84 Å². The van der Waals surface area contributed by atoms with Crippen LogP contribution in [0.1, 0.15) is 25.8 Å². The summed E-state index contributed by atoms with van der Waals surface area (Å²) >= 11 is 0. The molecule has 17 heavy (non-hydrogen) atoms. The minimum Gasteiger partial charge on any atom is -0.492 e. The van der Waals surface area contributed by atoms with Crippen molar-refractivity contribution in [2.45, 2.75) is 27.2 Å². The number of hydrogen-bond acceptors (Lipinski definition) is 2. The van der Waals surface area contributed by atoms with Crippen molar-refractivity contribution in [2.75, 3.05) is 6.61 Å². The first-order valence-electron chi connectivity index (χ1n) is 5.92. The van der Waals surface area contributed by atoms with Crippen molar-refractivity contribution < 1.29 is 14.6 Å². The molecule has 1 atom stereocenters. The van der Waals surface area contributed by atoms with Crippen molar-refractivity contribution in [3.8, 4) is 5.75 Å². The standard InChI is InChI=1S/C14H20O3/c1-10(2)8-12(14(15)16)9-17-13-7-5-4-6-11(13)3/h4-7,10,12H,8-9H2,1-3H3,(H,15,16). The lowest BCUT2D eigenvalue weighted by atomic mass is 9.98. The Labute approximate surface area is 102 Å². The molecule has 94 valence electrons. The van der Waals surface area contributed by atoms with Crippen LogP contribution in [-0.4, -0.2) is 17.7 Å². The van der Waals surface area contributed by atoms with Crippen LogP contribution in [0.2, 0.25) is 0 Å². The second-order valence-electron chi connectivity index (χ2n) is 4.74. The summed E-state index contributed by atoms with van der Waals surface area (Å²) < 4.78 is 5.58. The molecule has 0 radical (unpaired) electrons. The van der Waals surface area contributed by atoms with Crippen LogP contribution in [0.15, 0.2) is 24.3 Å². The summed E-state index contributed by atoms with van der Waals surface area (Å²) in [5.41, 5.74) is 1.03. The molecule has 3 heteroatoms. The topological polar surface area (TPSA) is 46.5 Å². The van der Waals surface area contributed by atoms with Crippen LogP contribution in [0.5, 0.6) is 5.75 Å². The van der Waals surface area contributed by atoms with E-state index in [0.717, 1.165) is 11.3 Å². The van der Waals surface area contributed by atoms with E-state index < -0.39 is 11.9 Å². The van der Waals surface area contributed by atoms with Gasteiger partial charge in [-0.15, -0.1) is 0 Å². The zero-order chi connectivity index (χ0) is 12.8. The van der Waals surface area contributed by atoms with Crippen LogP contribution in [0.3, 0.4) is 0 Å². The third-order valence-electron chi connectivity index (χ3n) is 2.64. The maximum absolute atomic E-state index is 11.1. The van der Waals surface area contributed by atoms with Gasteiger partial charge in [-0.1, -0.05) is 32.0 Å². The predicted molar refractivity (Wildman–Crippen MR) is 67.3 cm³/mol. The van der Waals surface area contributed by atoms with E-state index in [9.17, 15) is 4.79 Å². The SMILES string of the molecule is Cc1ccccc1OCC(CC(C)C)C(=O)O. The summed E-state index contributed by atoms with van der Waals surface area (Å²) in [6.07, 6.45) is 0.640. The molecule has 0 aliphatic carbocycles. The highest BCUT2D eigenvalue weighted by Gasteiger charge is 2.19. The summed E-state index contributed by atoms with van der Waals surface area (Å²) in [4.78, 5) is 11.1. The van der Waals surface area contributed by atoms with Gasteiger partial charge in [-0.3, -0.25) is 4.79 Å². The fourth-order valence-electron chi connectivity index (χ4n) is 1.72. The molecule has 1 N–H and O–H groups in total. The lowest BCUT2D eigenvalue weighted by Crippen LogP contribution is -2.23. The zero-order valence-electron chi connectivity index (χ0n) is 10.6. The van der Waals surface area contributed by atoms with Crippen molar-refractivity contribution in [3.05, 3.63) is 29.8 Å². The number of carboxylic acid groups (broad SMARTS) is 1. The highest BCUT2D eigenvalue weighted by molar-refractivity contribution is 5.70. The molecule has 1 unspecified atom stereocenters. The van der Waals surface area contributed by atoms with Gasteiger partial charge in [0.25, 0.3) is 0 Å². The largest absolute Gasteiger partial charge is 0.492 e. The molecule has 0 spiro atoms. The first kappa shape index (κ1) is 13.6.